The molecule has 28 heavy (non-hydrogen) atoms. The molecule has 0 radical (unpaired) electrons. The number of thioether (sulfide) groups is 1. The van der Waals surface area contributed by atoms with Gasteiger partial charge in [0.05, 0.1) is 29.3 Å². The highest BCUT2D eigenvalue weighted by atomic mass is 32.2. The molecular formula is C19H23N3O5S. The molecule has 0 atom stereocenters. The number of nitrogens with zero attached hydrogens (tertiary/aromatic N) is 2. The zero-order valence-corrected chi connectivity index (χ0v) is 16.7. The first-order chi connectivity index (χ1) is 13.5. The Morgan fingerprint density at radius 2 is 2.11 bits per heavy atom. The predicted octanol–water partition coefficient (Wildman–Crippen LogP) is 1.59. The Balaban J connectivity index is 1.92. The standard InChI is InChI=1S/C19H23N3O5S/c1-26-9-3-8-22-17(24)14-7-4-12(18(25)27-2)10-15(14)21-19(22)28-11-16(23)20-13-5-6-13/h4,7,10,13H,3,5-6,8-9,11H2,1-2H3,(H,20,23). The van der Waals surface area contributed by atoms with E-state index in [9.17, 15) is 14.4 Å². The smallest absolute Gasteiger partial charge is 0.337 e. The minimum atomic E-state index is -0.494. The van der Waals surface area contributed by atoms with Gasteiger partial charge in [0.1, 0.15) is 0 Å². The molecule has 1 N–H and O–H groups in total. The summed E-state index contributed by atoms with van der Waals surface area (Å²) >= 11 is 1.21. The van der Waals surface area contributed by atoms with Crippen LogP contribution in [0.4, 0.5) is 0 Å². The molecule has 3 rings (SSSR count). The maximum absolute atomic E-state index is 13.0. The van der Waals surface area contributed by atoms with Crippen LogP contribution in [0.3, 0.4) is 0 Å². The van der Waals surface area contributed by atoms with Gasteiger partial charge >= 0.3 is 5.97 Å². The van der Waals surface area contributed by atoms with Crippen molar-refractivity contribution in [2.24, 2.45) is 0 Å². The fourth-order valence-corrected chi connectivity index (χ4v) is 3.58. The fraction of sp³-hybridized carbons (Fsp3) is 0.474. The lowest BCUT2D eigenvalue weighted by Gasteiger charge is -2.13. The van der Waals surface area contributed by atoms with Crippen LogP contribution in [0.5, 0.6) is 0 Å². The van der Waals surface area contributed by atoms with Crippen molar-refractivity contribution in [3.63, 3.8) is 0 Å². The van der Waals surface area contributed by atoms with Gasteiger partial charge in [0, 0.05) is 26.3 Å². The van der Waals surface area contributed by atoms with Gasteiger partial charge in [-0.3, -0.25) is 14.2 Å². The van der Waals surface area contributed by atoms with Crippen molar-refractivity contribution in [1.82, 2.24) is 14.9 Å². The third-order valence-corrected chi connectivity index (χ3v) is 5.32. The third-order valence-electron chi connectivity index (χ3n) is 4.35. The van der Waals surface area contributed by atoms with Crippen molar-refractivity contribution in [1.29, 1.82) is 0 Å². The Bertz CT molecular complexity index is 939. The number of hydrogen-bond donors (Lipinski definition) is 1. The number of ether oxygens (including phenoxy) is 2. The second-order valence-corrected chi connectivity index (χ2v) is 7.49. The number of nitrogens with one attached hydrogen (secondary N) is 1. The Morgan fingerprint density at radius 1 is 1.32 bits per heavy atom. The van der Waals surface area contributed by atoms with Gasteiger partial charge in [-0.05, 0) is 37.5 Å². The highest BCUT2D eigenvalue weighted by molar-refractivity contribution is 7.99. The van der Waals surface area contributed by atoms with E-state index in [4.69, 9.17) is 9.47 Å². The SMILES string of the molecule is COCCCn1c(SCC(=O)NC2CC2)nc2cc(C(=O)OC)ccc2c1=O. The molecule has 1 aromatic carbocycles. The van der Waals surface area contributed by atoms with Crippen molar-refractivity contribution in [2.45, 2.75) is 37.0 Å². The van der Waals surface area contributed by atoms with E-state index >= 15 is 0 Å². The second kappa shape index (κ2) is 9.20. The largest absolute Gasteiger partial charge is 0.465 e. The number of aromatic nitrogens is 2. The molecule has 8 nitrogen and oxygen atoms in total. The van der Waals surface area contributed by atoms with Crippen LogP contribution < -0.4 is 10.9 Å². The lowest BCUT2D eigenvalue weighted by atomic mass is 10.1. The Labute approximate surface area is 166 Å². The first-order valence-electron chi connectivity index (χ1n) is 9.07. The van der Waals surface area contributed by atoms with Crippen molar-refractivity contribution in [3.8, 4) is 0 Å². The summed E-state index contributed by atoms with van der Waals surface area (Å²) < 4.78 is 11.4. The van der Waals surface area contributed by atoms with E-state index < -0.39 is 5.97 Å². The van der Waals surface area contributed by atoms with Crippen molar-refractivity contribution in [3.05, 3.63) is 34.1 Å². The van der Waals surface area contributed by atoms with Crippen LogP contribution in [-0.2, 0) is 20.8 Å². The Morgan fingerprint density at radius 3 is 2.79 bits per heavy atom. The van der Waals surface area contributed by atoms with Crippen LogP contribution >= 0.6 is 11.8 Å². The second-order valence-electron chi connectivity index (χ2n) is 6.55. The number of methoxy groups -OCH3 is 2. The molecule has 0 spiro atoms. The van der Waals surface area contributed by atoms with Gasteiger partial charge in [0.15, 0.2) is 5.16 Å². The third kappa shape index (κ3) is 4.90. The van der Waals surface area contributed by atoms with E-state index in [1.807, 2.05) is 0 Å². The van der Waals surface area contributed by atoms with Crippen molar-refractivity contribution < 1.29 is 19.1 Å². The number of carbonyl (C=O) groups excluding carboxylic acids is 2. The zero-order valence-electron chi connectivity index (χ0n) is 15.9. The van der Waals surface area contributed by atoms with E-state index in [1.54, 1.807) is 23.8 Å². The molecule has 1 aliphatic rings. The fourth-order valence-electron chi connectivity index (χ4n) is 2.75. The van der Waals surface area contributed by atoms with Gasteiger partial charge in [-0.15, -0.1) is 0 Å². The molecule has 0 saturated heterocycles. The van der Waals surface area contributed by atoms with Crippen LogP contribution in [0.1, 0.15) is 29.6 Å². The summed E-state index contributed by atoms with van der Waals surface area (Å²) in [6, 6.07) is 4.95. The molecule has 2 aromatic rings. The molecule has 150 valence electrons. The Kier molecular flexibility index (Phi) is 6.69. The maximum Gasteiger partial charge on any atom is 0.337 e. The lowest BCUT2D eigenvalue weighted by molar-refractivity contribution is -0.118. The van der Waals surface area contributed by atoms with Gasteiger partial charge in [0.25, 0.3) is 5.56 Å². The summed E-state index contributed by atoms with van der Waals surface area (Å²) in [5.74, 6) is -0.394. The summed E-state index contributed by atoms with van der Waals surface area (Å²) in [6.45, 7) is 0.943. The van der Waals surface area contributed by atoms with Crippen LogP contribution in [0, 0.1) is 0 Å². The van der Waals surface area contributed by atoms with Crippen molar-refractivity contribution >= 4 is 34.5 Å². The molecule has 0 bridgehead atoms. The molecule has 1 saturated carbocycles. The van der Waals surface area contributed by atoms with Gasteiger partial charge in [-0.1, -0.05) is 11.8 Å². The molecule has 1 amide bonds. The number of carbonyl (C=O) groups is 2. The van der Waals surface area contributed by atoms with Crippen LogP contribution in [0.15, 0.2) is 28.2 Å². The van der Waals surface area contributed by atoms with Crippen molar-refractivity contribution in [2.75, 3.05) is 26.6 Å². The lowest BCUT2D eigenvalue weighted by Crippen LogP contribution is -2.28. The predicted molar refractivity (Wildman–Crippen MR) is 106 cm³/mol. The van der Waals surface area contributed by atoms with E-state index in [1.165, 1.54) is 24.9 Å². The maximum atomic E-state index is 13.0. The Hall–Kier alpha value is -2.39. The van der Waals surface area contributed by atoms with Gasteiger partial charge in [-0.25, -0.2) is 9.78 Å². The normalized spacial score (nSPS) is 13.5. The molecule has 1 fully saturated rings. The first kappa shape index (κ1) is 20.3. The molecule has 1 aliphatic carbocycles. The molecular weight excluding hydrogens is 382 g/mol. The monoisotopic (exact) mass is 405 g/mol. The highest BCUT2D eigenvalue weighted by Gasteiger charge is 2.23. The quantitative estimate of drug-likeness (QED) is 0.293. The number of hydrogen-bond acceptors (Lipinski definition) is 7. The first-order valence-corrected chi connectivity index (χ1v) is 10.1. The minimum Gasteiger partial charge on any atom is -0.465 e. The van der Waals surface area contributed by atoms with E-state index in [-0.39, 0.29) is 23.3 Å². The number of rotatable bonds is 9. The molecule has 0 aliphatic heterocycles. The van der Waals surface area contributed by atoms with Gasteiger partial charge in [0.2, 0.25) is 5.91 Å². The average molecular weight is 405 g/mol. The summed E-state index contributed by atoms with van der Waals surface area (Å²) in [5.41, 5.74) is 0.519. The van der Waals surface area contributed by atoms with E-state index in [2.05, 4.69) is 10.3 Å². The van der Waals surface area contributed by atoms with Gasteiger partial charge in [-0.2, -0.15) is 0 Å². The average Bonchev–Trinajstić information content (AvgIpc) is 3.51. The molecule has 1 heterocycles. The highest BCUT2D eigenvalue weighted by Crippen LogP contribution is 2.21. The number of fused-ring (bicyclic) bond motifs is 1. The summed E-state index contributed by atoms with van der Waals surface area (Å²) in [4.78, 5) is 41.4. The topological polar surface area (TPSA) is 99.5 Å². The summed E-state index contributed by atoms with van der Waals surface area (Å²) in [6.07, 6.45) is 2.68. The molecule has 0 unspecified atom stereocenters. The molecule has 9 heteroatoms. The van der Waals surface area contributed by atoms with Crippen LogP contribution in [0.2, 0.25) is 0 Å². The van der Waals surface area contributed by atoms with E-state index in [0.29, 0.717) is 41.2 Å². The molecule has 1 aromatic heterocycles. The summed E-state index contributed by atoms with van der Waals surface area (Å²) in [7, 11) is 2.90. The van der Waals surface area contributed by atoms with Gasteiger partial charge < -0.3 is 14.8 Å². The number of esters is 1. The summed E-state index contributed by atoms with van der Waals surface area (Å²) in [5, 5.41) is 3.78. The van der Waals surface area contributed by atoms with Crippen LogP contribution in [-0.4, -0.2) is 54.0 Å². The number of benzene rings is 1. The zero-order chi connectivity index (χ0) is 20.1. The minimum absolute atomic E-state index is 0.0754. The van der Waals surface area contributed by atoms with Crippen LogP contribution in [0.25, 0.3) is 10.9 Å². The number of amides is 1. The van der Waals surface area contributed by atoms with E-state index in [0.717, 1.165) is 12.8 Å².